The van der Waals surface area contributed by atoms with Gasteiger partial charge in [0.1, 0.15) is 6.54 Å². The molecule has 0 aliphatic carbocycles. The molecule has 2 aromatic rings. The van der Waals surface area contributed by atoms with Crippen molar-refractivity contribution in [3.05, 3.63) is 40.1 Å². The Morgan fingerprint density at radius 3 is 2.30 bits per heavy atom. The Balaban J connectivity index is 1.60. The van der Waals surface area contributed by atoms with Crippen molar-refractivity contribution in [2.45, 2.75) is 71.3 Å². The summed E-state index contributed by atoms with van der Waals surface area (Å²) in [6, 6.07) is 4.53. The number of aromatic nitrogens is 4. The summed E-state index contributed by atoms with van der Waals surface area (Å²) in [4.78, 5) is 11.8. The first-order chi connectivity index (χ1) is 13.2. The van der Waals surface area contributed by atoms with Gasteiger partial charge in [-0.25, -0.2) is 4.57 Å². The van der Waals surface area contributed by atoms with Crippen LogP contribution in [0.1, 0.15) is 63.9 Å². The van der Waals surface area contributed by atoms with Gasteiger partial charge in [0.25, 0.3) is 0 Å². The summed E-state index contributed by atoms with van der Waals surface area (Å²) < 4.78 is 8.17. The van der Waals surface area contributed by atoms with Gasteiger partial charge in [-0.1, -0.05) is 45.4 Å². The molecule has 2 aromatic heterocycles. The molecule has 148 valence electrons. The maximum atomic E-state index is 5.78. The minimum atomic E-state index is 0.119. The Morgan fingerprint density at radius 1 is 0.963 bits per heavy atom. The number of pyridine rings is 1. The number of ether oxygens (including phenoxy) is 1. The van der Waals surface area contributed by atoms with E-state index in [1.807, 2.05) is 0 Å². The van der Waals surface area contributed by atoms with Gasteiger partial charge in [0, 0.05) is 25.0 Å². The molecule has 0 unspecified atom stereocenters. The van der Waals surface area contributed by atoms with E-state index in [1.165, 1.54) is 56.9 Å². The van der Waals surface area contributed by atoms with Crippen molar-refractivity contribution < 1.29 is 9.30 Å². The highest BCUT2D eigenvalue weighted by atomic mass is 79.9. The van der Waals surface area contributed by atoms with Gasteiger partial charge in [-0.3, -0.25) is 0 Å². The monoisotopic (exact) mass is 455 g/mol. The van der Waals surface area contributed by atoms with E-state index in [4.69, 9.17) is 16.3 Å². The average molecular weight is 457 g/mol. The molecular formula is C20H29BrClN4O+. The number of hydrogen-bond acceptors (Lipinski definition) is 4. The number of hydrogen-bond donors (Lipinski definition) is 0. The van der Waals surface area contributed by atoms with E-state index in [0.717, 1.165) is 13.0 Å². The quantitative estimate of drug-likeness (QED) is 0.302. The summed E-state index contributed by atoms with van der Waals surface area (Å²) in [6.45, 7) is 3.85. The Bertz CT molecular complexity index is 649. The van der Waals surface area contributed by atoms with E-state index in [0.29, 0.717) is 11.3 Å². The first kappa shape index (κ1) is 22.0. The molecule has 0 aliphatic heterocycles. The van der Waals surface area contributed by atoms with Crippen molar-refractivity contribution in [1.82, 2.24) is 15.0 Å². The van der Waals surface area contributed by atoms with Gasteiger partial charge in [0.05, 0.1) is 6.61 Å². The van der Waals surface area contributed by atoms with Gasteiger partial charge in [0.15, 0.2) is 12.4 Å². The fraction of sp³-hybridized carbons (Fsp3) is 0.600. The van der Waals surface area contributed by atoms with Crippen molar-refractivity contribution >= 4 is 27.5 Å². The fourth-order valence-electron chi connectivity index (χ4n) is 2.87. The zero-order valence-electron chi connectivity index (χ0n) is 16.0. The fourth-order valence-corrected chi connectivity index (χ4v) is 3.44. The second-order valence-corrected chi connectivity index (χ2v) is 7.72. The third-order valence-electron chi connectivity index (χ3n) is 4.41. The molecule has 2 heterocycles. The van der Waals surface area contributed by atoms with E-state index >= 15 is 0 Å². The molecule has 0 saturated heterocycles. The van der Waals surface area contributed by atoms with Crippen LogP contribution in [-0.2, 0) is 13.0 Å². The minimum absolute atomic E-state index is 0.119. The Kier molecular flexibility index (Phi) is 10.6. The lowest BCUT2D eigenvalue weighted by atomic mass is 10.1. The number of rotatable bonds is 13. The third kappa shape index (κ3) is 9.47. The molecule has 0 spiro atoms. The van der Waals surface area contributed by atoms with Crippen molar-refractivity contribution in [1.29, 1.82) is 0 Å². The summed E-state index contributed by atoms with van der Waals surface area (Å²) in [5.41, 5.74) is 1.22. The van der Waals surface area contributed by atoms with E-state index in [-0.39, 0.29) is 11.3 Å². The summed E-state index contributed by atoms with van der Waals surface area (Å²) in [5.74, 6) is 0. The molecule has 0 radical (unpaired) electrons. The van der Waals surface area contributed by atoms with E-state index in [9.17, 15) is 0 Å². The first-order valence-electron chi connectivity index (χ1n) is 9.85. The SMILES string of the molecule is CCCCCCCCCC[n+]1ccc(CCOc2nc(Cl)nc(Br)n2)cc1. The molecule has 27 heavy (non-hydrogen) atoms. The highest BCUT2D eigenvalue weighted by Crippen LogP contribution is 2.12. The molecule has 0 amide bonds. The van der Waals surface area contributed by atoms with Gasteiger partial charge in [-0.15, -0.1) is 0 Å². The first-order valence-corrected chi connectivity index (χ1v) is 11.0. The Labute approximate surface area is 175 Å². The lowest BCUT2D eigenvalue weighted by molar-refractivity contribution is -0.697. The molecule has 0 aliphatic rings. The van der Waals surface area contributed by atoms with Crippen LogP contribution in [-0.4, -0.2) is 21.6 Å². The van der Waals surface area contributed by atoms with Crippen molar-refractivity contribution in [3.8, 4) is 6.01 Å². The molecule has 0 aromatic carbocycles. The molecule has 2 rings (SSSR count). The summed E-state index contributed by atoms with van der Waals surface area (Å²) in [5, 5.41) is 0.119. The van der Waals surface area contributed by atoms with Gasteiger partial charge >= 0.3 is 6.01 Å². The van der Waals surface area contributed by atoms with Crippen LogP contribution in [0.15, 0.2) is 29.3 Å². The number of aryl methyl sites for hydroxylation is 1. The minimum Gasteiger partial charge on any atom is -0.463 e. The standard InChI is InChI=1S/C20H29BrClN4O/c1-2-3-4-5-6-7-8-9-13-26-14-10-17(11-15-26)12-16-27-20-24-18(21)23-19(22)25-20/h10-11,14-15H,2-9,12-13,16H2,1H3/q+1. The van der Waals surface area contributed by atoms with Crippen molar-refractivity contribution in [2.24, 2.45) is 0 Å². The Morgan fingerprint density at radius 2 is 1.63 bits per heavy atom. The largest absolute Gasteiger partial charge is 0.463 e. The van der Waals surface area contributed by atoms with Crippen LogP contribution in [0.3, 0.4) is 0 Å². The molecule has 0 bridgehead atoms. The summed E-state index contributed by atoms with van der Waals surface area (Å²) in [6.07, 6.45) is 15.9. The highest BCUT2D eigenvalue weighted by Gasteiger charge is 2.05. The number of halogens is 2. The maximum absolute atomic E-state index is 5.78. The van der Waals surface area contributed by atoms with Crippen LogP contribution in [0.4, 0.5) is 0 Å². The molecule has 0 atom stereocenters. The second-order valence-electron chi connectivity index (χ2n) is 6.67. The van der Waals surface area contributed by atoms with Gasteiger partial charge in [0.2, 0.25) is 10.0 Å². The Hall–Kier alpha value is -1.27. The van der Waals surface area contributed by atoms with Crippen LogP contribution in [0.5, 0.6) is 6.01 Å². The van der Waals surface area contributed by atoms with Gasteiger partial charge < -0.3 is 4.74 Å². The normalized spacial score (nSPS) is 10.9. The number of unbranched alkanes of at least 4 members (excludes halogenated alkanes) is 7. The van der Waals surface area contributed by atoms with Crippen molar-refractivity contribution in [2.75, 3.05) is 6.61 Å². The number of nitrogens with zero attached hydrogens (tertiary/aromatic N) is 4. The van der Waals surface area contributed by atoms with Gasteiger partial charge in [-0.05, 0) is 39.5 Å². The van der Waals surface area contributed by atoms with Crippen molar-refractivity contribution in [3.63, 3.8) is 0 Å². The molecule has 0 fully saturated rings. The van der Waals surface area contributed by atoms with Crippen LogP contribution in [0, 0.1) is 0 Å². The average Bonchev–Trinajstić information content (AvgIpc) is 2.64. The molecule has 0 saturated carbocycles. The third-order valence-corrected chi connectivity index (χ3v) is 4.94. The summed E-state index contributed by atoms with van der Waals surface area (Å²) in [7, 11) is 0. The van der Waals surface area contributed by atoms with E-state index < -0.39 is 0 Å². The zero-order valence-corrected chi connectivity index (χ0v) is 18.4. The lowest BCUT2D eigenvalue weighted by Crippen LogP contribution is -2.32. The predicted octanol–water partition coefficient (Wildman–Crippen LogP) is 5.34. The second kappa shape index (κ2) is 13.0. The molecule has 5 nitrogen and oxygen atoms in total. The maximum Gasteiger partial charge on any atom is 0.321 e. The molecule has 7 heteroatoms. The predicted molar refractivity (Wildman–Crippen MR) is 111 cm³/mol. The van der Waals surface area contributed by atoms with Crippen LogP contribution >= 0.6 is 27.5 Å². The smallest absolute Gasteiger partial charge is 0.321 e. The van der Waals surface area contributed by atoms with E-state index in [1.54, 1.807) is 0 Å². The zero-order chi connectivity index (χ0) is 19.3. The van der Waals surface area contributed by atoms with Crippen LogP contribution in [0.25, 0.3) is 0 Å². The molecule has 0 N–H and O–H groups in total. The lowest BCUT2D eigenvalue weighted by Gasteiger charge is -2.05. The van der Waals surface area contributed by atoms with E-state index in [2.05, 4.69) is 66.9 Å². The molecular weight excluding hydrogens is 428 g/mol. The van der Waals surface area contributed by atoms with Crippen LogP contribution < -0.4 is 9.30 Å². The van der Waals surface area contributed by atoms with Crippen LogP contribution in [0.2, 0.25) is 5.28 Å². The van der Waals surface area contributed by atoms with Gasteiger partial charge in [-0.2, -0.15) is 15.0 Å². The summed E-state index contributed by atoms with van der Waals surface area (Å²) >= 11 is 8.95. The topological polar surface area (TPSA) is 51.8 Å². The highest BCUT2D eigenvalue weighted by molar-refractivity contribution is 9.10.